The molecule has 0 bridgehead atoms. The summed E-state index contributed by atoms with van der Waals surface area (Å²) in [7, 11) is 0. The molecule has 0 saturated heterocycles. The van der Waals surface area contributed by atoms with Crippen molar-refractivity contribution < 1.29 is 23.4 Å². The lowest BCUT2D eigenvalue weighted by molar-refractivity contribution is -0.140. The number of rotatable bonds is 13. The van der Waals surface area contributed by atoms with Gasteiger partial charge in [0.25, 0.3) is 0 Å². The first kappa shape index (κ1) is 25.9. The molecule has 0 radical (unpaired) electrons. The van der Waals surface area contributed by atoms with E-state index in [9.17, 15) is 9.18 Å². The molecule has 4 nitrogen and oxygen atoms in total. The first-order valence-electron chi connectivity index (χ1n) is 11.0. The maximum atomic E-state index is 14.9. The van der Waals surface area contributed by atoms with Gasteiger partial charge in [0, 0.05) is 17.1 Å². The summed E-state index contributed by atoms with van der Waals surface area (Å²) in [5.74, 6) is 0.260. The number of esters is 1. The first-order valence-corrected chi connectivity index (χ1v) is 11.0. The van der Waals surface area contributed by atoms with E-state index in [1.165, 1.54) is 6.07 Å². The SMILES string of the molecule is C=C(C)C(=C)OCC(COC(=O)C(=C)C)Cc1ccc(-c2ccc(OCCC)cc2)c(F)c1. The van der Waals surface area contributed by atoms with Crippen LogP contribution in [0, 0.1) is 11.7 Å². The van der Waals surface area contributed by atoms with Crippen molar-refractivity contribution in [2.75, 3.05) is 19.8 Å². The predicted octanol–water partition coefficient (Wildman–Crippen LogP) is 6.67. The summed E-state index contributed by atoms with van der Waals surface area (Å²) in [5.41, 5.74) is 3.10. The third kappa shape index (κ3) is 8.26. The molecule has 5 heteroatoms. The number of hydrogen-bond acceptors (Lipinski definition) is 4. The van der Waals surface area contributed by atoms with Crippen LogP contribution in [0.2, 0.25) is 0 Å². The molecule has 33 heavy (non-hydrogen) atoms. The van der Waals surface area contributed by atoms with Gasteiger partial charge in [0.15, 0.2) is 0 Å². The van der Waals surface area contributed by atoms with Gasteiger partial charge in [-0.3, -0.25) is 0 Å². The fourth-order valence-electron chi connectivity index (χ4n) is 3.03. The molecule has 1 atom stereocenters. The van der Waals surface area contributed by atoms with E-state index >= 15 is 0 Å². The molecule has 2 rings (SSSR count). The number of allylic oxidation sites excluding steroid dienone is 1. The van der Waals surface area contributed by atoms with Crippen molar-refractivity contribution in [3.8, 4) is 16.9 Å². The van der Waals surface area contributed by atoms with Crippen LogP contribution in [0.5, 0.6) is 5.75 Å². The highest BCUT2D eigenvalue weighted by atomic mass is 19.1. The molecule has 0 aliphatic heterocycles. The van der Waals surface area contributed by atoms with Gasteiger partial charge in [0.05, 0.1) is 19.8 Å². The van der Waals surface area contributed by atoms with Crippen LogP contribution in [0.3, 0.4) is 0 Å². The van der Waals surface area contributed by atoms with E-state index in [0.29, 0.717) is 35.5 Å². The highest BCUT2D eigenvalue weighted by molar-refractivity contribution is 5.86. The van der Waals surface area contributed by atoms with Crippen LogP contribution >= 0.6 is 0 Å². The zero-order valence-corrected chi connectivity index (χ0v) is 19.8. The van der Waals surface area contributed by atoms with Crippen LogP contribution in [0.15, 0.2) is 79.1 Å². The number of carbonyl (C=O) groups excluding carboxylic acids is 1. The Hall–Kier alpha value is -3.34. The molecule has 0 aliphatic carbocycles. The monoisotopic (exact) mass is 452 g/mol. The topological polar surface area (TPSA) is 44.8 Å². The second-order valence-electron chi connectivity index (χ2n) is 8.15. The Balaban J connectivity index is 2.12. The molecule has 0 aromatic heterocycles. The normalized spacial score (nSPS) is 11.4. The Bertz CT molecular complexity index is 961. The van der Waals surface area contributed by atoms with E-state index in [0.717, 1.165) is 23.3 Å². The Labute approximate surface area is 196 Å². The zero-order chi connectivity index (χ0) is 24.4. The van der Waals surface area contributed by atoms with Crippen LogP contribution in [0.1, 0.15) is 32.8 Å². The lowest BCUT2D eigenvalue weighted by Crippen LogP contribution is -2.21. The molecular formula is C28H33FO4. The minimum Gasteiger partial charge on any atom is -0.494 e. The van der Waals surface area contributed by atoms with Crippen LogP contribution in [-0.2, 0) is 20.7 Å². The van der Waals surface area contributed by atoms with Gasteiger partial charge in [-0.1, -0.05) is 50.9 Å². The molecule has 0 N–H and O–H groups in total. The predicted molar refractivity (Wildman–Crippen MR) is 130 cm³/mol. The van der Waals surface area contributed by atoms with Gasteiger partial charge in [-0.05, 0) is 61.6 Å². The highest BCUT2D eigenvalue weighted by Crippen LogP contribution is 2.27. The molecule has 2 aromatic rings. The number of hydrogen-bond donors (Lipinski definition) is 0. The number of halogens is 1. The standard InChI is InChI=1S/C28H33FO4/c1-7-14-31-25-11-9-24(10-12-25)26-13-8-22(16-27(26)29)15-23(17-32-21(6)19(2)3)18-33-28(30)20(4)5/h8-13,16,23H,2,4,6-7,14-15,17-18H2,1,3,5H3. The summed E-state index contributed by atoms with van der Waals surface area (Å²) in [5, 5.41) is 0. The minimum absolute atomic E-state index is 0.123. The van der Waals surface area contributed by atoms with E-state index in [1.807, 2.05) is 37.3 Å². The summed E-state index contributed by atoms with van der Waals surface area (Å²) in [6.07, 6.45) is 1.39. The van der Waals surface area contributed by atoms with Crippen LogP contribution < -0.4 is 4.74 Å². The largest absolute Gasteiger partial charge is 0.494 e. The quantitative estimate of drug-likeness (QED) is 0.147. The van der Waals surface area contributed by atoms with E-state index in [1.54, 1.807) is 19.9 Å². The molecule has 0 saturated carbocycles. The molecule has 0 fully saturated rings. The molecule has 0 amide bonds. The number of benzene rings is 2. The smallest absolute Gasteiger partial charge is 0.333 e. The summed E-state index contributed by atoms with van der Waals surface area (Å²) >= 11 is 0. The lowest BCUT2D eigenvalue weighted by Gasteiger charge is -2.19. The van der Waals surface area contributed by atoms with Crippen molar-refractivity contribution in [3.05, 3.63) is 90.5 Å². The summed E-state index contributed by atoms with van der Waals surface area (Å²) < 4.78 is 31.5. The van der Waals surface area contributed by atoms with Gasteiger partial charge in [-0.2, -0.15) is 0 Å². The fraction of sp³-hybridized carbons (Fsp3) is 0.321. The van der Waals surface area contributed by atoms with Crippen LogP contribution in [0.25, 0.3) is 11.1 Å². The second-order valence-corrected chi connectivity index (χ2v) is 8.15. The molecule has 2 aromatic carbocycles. The van der Waals surface area contributed by atoms with E-state index in [-0.39, 0.29) is 24.9 Å². The van der Waals surface area contributed by atoms with Crippen molar-refractivity contribution in [1.29, 1.82) is 0 Å². The van der Waals surface area contributed by atoms with Crippen molar-refractivity contribution in [1.82, 2.24) is 0 Å². The van der Waals surface area contributed by atoms with Crippen LogP contribution in [-0.4, -0.2) is 25.8 Å². The fourth-order valence-corrected chi connectivity index (χ4v) is 3.03. The van der Waals surface area contributed by atoms with Crippen molar-refractivity contribution in [2.45, 2.75) is 33.6 Å². The average molecular weight is 453 g/mol. The van der Waals surface area contributed by atoms with Crippen molar-refractivity contribution >= 4 is 5.97 Å². The summed E-state index contributed by atoms with van der Waals surface area (Å²) in [4.78, 5) is 11.8. The van der Waals surface area contributed by atoms with Crippen LogP contribution in [0.4, 0.5) is 4.39 Å². The maximum Gasteiger partial charge on any atom is 0.333 e. The zero-order valence-electron chi connectivity index (χ0n) is 19.8. The maximum absolute atomic E-state index is 14.9. The van der Waals surface area contributed by atoms with Gasteiger partial charge < -0.3 is 14.2 Å². The Kier molecular flexibility index (Phi) is 9.92. The van der Waals surface area contributed by atoms with Gasteiger partial charge in [0.1, 0.15) is 17.3 Å². The third-order valence-electron chi connectivity index (χ3n) is 4.96. The average Bonchev–Trinajstić information content (AvgIpc) is 2.79. The minimum atomic E-state index is -0.466. The summed E-state index contributed by atoms with van der Waals surface area (Å²) in [6.45, 7) is 17.7. The molecule has 176 valence electrons. The van der Waals surface area contributed by atoms with Gasteiger partial charge >= 0.3 is 5.97 Å². The number of ether oxygens (including phenoxy) is 3. The highest BCUT2D eigenvalue weighted by Gasteiger charge is 2.17. The van der Waals surface area contributed by atoms with E-state index in [4.69, 9.17) is 14.2 Å². The molecule has 0 aliphatic rings. The van der Waals surface area contributed by atoms with Crippen molar-refractivity contribution in [3.63, 3.8) is 0 Å². The molecular weight excluding hydrogens is 419 g/mol. The summed E-state index contributed by atoms with van der Waals surface area (Å²) in [6, 6.07) is 12.5. The number of carbonyl (C=O) groups is 1. The first-order chi connectivity index (χ1) is 15.7. The van der Waals surface area contributed by atoms with Gasteiger partial charge in [0.2, 0.25) is 0 Å². The Morgan fingerprint density at radius 2 is 1.64 bits per heavy atom. The molecule has 1 unspecified atom stereocenters. The Morgan fingerprint density at radius 3 is 2.21 bits per heavy atom. The molecule has 0 heterocycles. The van der Waals surface area contributed by atoms with Gasteiger partial charge in [-0.15, -0.1) is 0 Å². The van der Waals surface area contributed by atoms with E-state index < -0.39 is 5.97 Å². The van der Waals surface area contributed by atoms with E-state index in [2.05, 4.69) is 19.7 Å². The molecule has 0 spiro atoms. The Morgan fingerprint density at radius 1 is 0.970 bits per heavy atom. The van der Waals surface area contributed by atoms with Gasteiger partial charge in [-0.25, -0.2) is 9.18 Å². The second kappa shape index (κ2) is 12.6. The van der Waals surface area contributed by atoms with Crippen molar-refractivity contribution in [2.24, 2.45) is 5.92 Å². The lowest BCUT2D eigenvalue weighted by atomic mass is 9.97. The third-order valence-corrected chi connectivity index (χ3v) is 4.96.